The molecule has 1 atom stereocenters. The van der Waals surface area contributed by atoms with E-state index in [-0.39, 0.29) is 0 Å². The molecule has 0 nitrogen and oxygen atoms in total. The van der Waals surface area contributed by atoms with Gasteiger partial charge in [0.15, 0.2) is 0 Å². The van der Waals surface area contributed by atoms with Gasteiger partial charge in [-0.25, -0.2) is 0 Å². The van der Waals surface area contributed by atoms with Gasteiger partial charge in [0.1, 0.15) is 0 Å². The van der Waals surface area contributed by atoms with E-state index in [9.17, 15) is 0 Å². The van der Waals surface area contributed by atoms with Crippen LogP contribution in [0.4, 0.5) is 0 Å². The van der Waals surface area contributed by atoms with E-state index in [1.54, 1.807) is 4.24 Å². The molecule has 0 aromatic carbocycles. The van der Waals surface area contributed by atoms with E-state index in [1.165, 1.54) is 50.7 Å². The molecule has 1 unspecified atom stereocenters. The zero-order valence-corrected chi connectivity index (χ0v) is 11.8. The van der Waals surface area contributed by atoms with Gasteiger partial charge in [0.05, 0.1) is 0 Å². The van der Waals surface area contributed by atoms with E-state index in [4.69, 9.17) is 0 Å². The van der Waals surface area contributed by atoms with Crippen LogP contribution in [0.5, 0.6) is 0 Å². The quantitative estimate of drug-likeness (QED) is 0.521. The van der Waals surface area contributed by atoms with Crippen LogP contribution in [-0.4, -0.2) is 11.0 Å². The van der Waals surface area contributed by atoms with E-state index in [2.05, 4.69) is 43.4 Å². The lowest BCUT2D eigenvalue weighted by Gasteiger charge is -2.03. The maximum absolute atomic E-state index is 2.41. The maximum atomic E-state index is 2.41. The summed E-state index contributed by atoms with van der Waals surface area (Å²) >= 11 is 4.14. The Balaban J connectivity index is 1.85. The average Bonchev–Trinajstić information content (AvgIpc) is 2.63. The lowest BCUT2D eigenvalue weighted by atomic mass is 10.1. The van der Waals surface area contributed by atoms with Gasteiger partial charge in [0, 0.05) is 9.49 Å². The largest absolute Gasteiger partial charge is 0.120 e. The van der Waals surface area contributed by atoms with E-state index >= 15 is 0 Å². The zero-order valence-electron chi connectivity index (χ0n) is 10.1. The summed E-state index contributed by atoms with van der Waals surface area (Å²) in [5, 5.41) is 0.831. The molecule has 88 valence electrons. The van der Waals surface area contributed by atoms with Crippen molar-refractivity contribution in [1.29, 1.82) is 0 Å². The SMILES string of the molecule is CCCCCCCCSC1=CCC(C)S1. The third-order valence-electron chi connectivity index (χ3n) is 2.68. The molecule has 0 amide bonds. The normalized spacial score (nSPS) is 20.7. The van der Waals surface area contributed by atoms with Crippen LogP contribution in [0.2, 0.25) is 0 Å². The Morgan fingerprint density at radius 1 is 1.27 bits per heavy atom. The Labute approximate surface area is 104 Å². The van der Waals surface area contributed by atoms with Crippen LogP contribution < -0.4 is 0 Å². The summed E-state index contributed by atoms with van der Waals surface area (Å²) in [5.41, 5.74) is 0. The highest BCUT2D eigenvalue weighted by molar-refractivity contribution is 8.22. The minimum Gasteiger partial charge on any atom is -0.120 e. The molecule has 0 aromatic rings. The molecule has 2 heteroatoms. The minimum atomic E-state index is 0.831. The van der Waals surface area contributed by atoms with E-state index in [0.717, 1.165) is 5.25 Å². The van der Waals surface area contributed by atoms with E-state index < -0.39 is 0 Å². The topological polar surface area (TPSA) is 0 Å². The van der Waals surface area contributed by atoms with Crippen LogP contribution in [0, 0.1) is 0 Å². The Bertz CT molecular complexity index is 187. The van der Waals surface area contributed by atoms with Crippen LogP contribution in [0.3, 0.4) is 0 Å². The molecule has 0 fully saturated rings. The highest BCUT2D eigenvalue weighted by Crippen LogP contribution is 2.39. The van der Waals surface area contributed by atoms with Crippen LogP contribution >= 0.6 is 23.5 Å². The molecule has 1 aliphatic heterocycles. The van der Waals surface area contributed by atoms with Gasteiger partial charge in [-0.05, 0) is 18.6 Å². The molecule has 1 rings (SSSR count). The van der Waals surface area contributed by atoms with Crippen molar-refractivity contribution in [2.24, 2.45) is 0 Å². The number of hydrogen-bond acceptors (Lipinski definition) is 2. The van der Waals surface area contributed by atoms with Crippen molar-refractivity contribution in [3.05, 3.63) is 10.3 Å². The molecular weight excluding hydrogens is 220 g/mol. The van der Waals surface area contributed by atoms with Gasteiger partial charge >= 0.3 is 0 Å². The average molecular weight is 244 g/mol. The molecule has 0 spiro atoms. The first kappa shape index (κ1) is 13.5. The molecule has 0 saturated heterocycles. The van der Waals surface area contributed by atoms with E-state index in [1.807, 2.05) is 0 Å². The number of thioether (sulfide) groups is 2. The van der Waals surface area contributed by atoms with Gasteiger partial charge in [-0.15, -0.1) is 23.5 Å². The minimum absolute atomic E-state index is 0.831. The summed E-state index contributed by atoms with van der Waals surface area (Å²) < 4.78 is 1.58. The van der Waals surface area contributed by atoms with Crippen LogP contribution in [0.15, 0.2) is 10.3 Å². The van der Waals surface area contributed by atoms with Gasteiger partial charge in [-0.3, -0.25) is 0 Å². The lowest BCUT2D eigenvalue weighted by Crippen LogP contribution is -1.85. The molecule has 0 aromatic heterocycles. The molecule has 0 radical (unpaired) electrons. The molecule has 0 N–H and O–H groups in total. The fourth-order valence-electron chi connectivity index (χ4n) is 1.70. The van der Waals surface area contributed by atoms with Crippen molar-refractivity contribution < 1.29 is 0 Å². The second-order valence-corrected chi connectivity index (χ2v) is 7.18. The van der Waals surface area contributed by atoms with Gasteiger partial charge < -0.3 is 0 Å². The zero-order chi connectivity index (χ0) is 10.9. The van der Waals surface area contributed by atoms with Crippen molar-refractivity contribution in [3.63, 3.8) is 0 Å². The third-order valence-corrected chi connectivity index (χ3v) is 5.26. The fraction of sp³-hybridized carbons (Fsp3) is 0.846. The fourth-order valence-corrected chi connectivity index (χ4v) is 4.26. The Morgan fingerprint density at radius 3 is 2.67 bits per heavy atom. The second kappa shape index (κ2) is 8.58. The Kier molecular flexibility index (Phi) is 7.72. The highest BCUT2D eigenvalue weighted by Gasteiger charge is 2.12. The maximum Gasteiger partial charge on any atom is 0.0363 e. The first-order valence-electron chi connectivity index (χ1n) is 6.32. The standard InChI is InChI=1S/C13H24S2/c1-3-4-5-6-7-8-11-14-13-10-9-12(2)15-13/h10,12H,3-9,11H2,1-2H3. The third kappa shape index (κ3) is 6.57. The summed E-state index contributed by atoms with van der Waals surface area (Å²) in [6, 6.07) is 0. The molecule has 0 saturated carbocycles. The summed E-state index contributed by atoms with van der Waals surface area (Å²) in [6.45, 7) is 4.60. The van der Waals surface area contributed by atoms with E-state index in [0.29, 0.717) is 0 Å². The number of rotatable bonds is 8. The summed E-state index contributed by atoms with van der Waals surface area (Å²) in [7, 11) is 0. The van der Waals surface area contributed by atoms with Gasteiger partial charge in [-0.2, -0.15) is 0 Å². The Hall–Kier alpha value is 0.440. The van der Waals surface area contributed by atoms with Crippen LogP contribution in [-0.2, 0) is 0 Å². The predicted octanol–water partition coefficient (Wildman–Crippen LogP) is 5.45. The molecular formula is C13H24S2. The van der Waals surface area contributed by atoms with Gasteiger partial charge in [-0.1, -0.05) is 52.0 Å². The van der Waals surface area contributed by atoms with Crippen molar-refractivity contribution in [1.82, 2.24) is 0 Å². The highest BCUT2D eigenvalue weighted by atomic mass is 32.2. The van der Waals surface area contributed by atoms with Crippen LogP contribution in [0.25, 0.3) is 0 Å². The molecule has 1 aliphatic rings. The molecule has 1 heterocycles. The molecule has 0 bridgehead atoms. The van der Waals surface area contributed by atoms with Gasteiger partial charge in [0.2, 0.25) is 0 Å². The van der Waals surface area contributed by atoms with Crippen molar-refractivity contribution in [2.75, 3.05) is 5.75 Å². The summed E-state index contributed by atoms with van der Waals surface area (Å²) in [5.74, 6) is 1.33. The lowest BCUT2D eigenvalue weighted by molar-refractivity contribution is 0.627. The number of allylic oxidation sites excluding steroid dienone is 1. The first-order valence-corrected chi connectivity index (χ1v) is 8.19. The Morgan fingerprint density at radius 2 is 2.00 bits per heavy atom. The van der Waals surface area contributed by atoms with Gasteiger partial charge in [0.25, 0.3) is 0 Å². The summed E-state index contributed by atoms with van der Waals surface area (Å²) in [4.78, 5) is 0. The van der Waals surface area contributed by atoms with Crippen molar-refractivity contribution in [3.8, 4) is 0 Å². The first-order chi connectivity index (χ1) is 7.33. The van der Waals surface area contributed by atoms with Crippen LogP contribution in [0.1, 0.15) is 58.8 Å². The van der Waals surface area contributed by atoms with Crippen molar-refractivity contribution in [2.45, 2.75) is 64.0 Å². The number of hydrogen-bond donors (Lipinski definition) is 0. The summed E-state index contributed by atoms with van der Waals surface area (Å²) in [6.07, 6.45) is 12.2. The monoisotopic (exact) mass is 244 g/mol. The molecule has 0 aliphatic carbocycles. The predicted molar refractivity (Wildman–Crippen MR) is 75.6 cm³/mol. The second-order valence-electron chi connectivity index (χ2n) is 4.30. The smallest absolute Gasteiger partial charge is 0.0363 e. The number of unbranched alkanes of at least 4 members (excludes halogenated alkanes) is 5. The van der Waals surface area contributed by atoms with Crippen molar-refractivity contribution >= 4 is 23.5 Å². The molecule has 15 heavy (non-hydrogen) atoms.